The zero-order chi connectivity index (χ0) is 41.8. The Kier molecular flexibility index (Phi) is 12.9. The fourth-order valence-corrected chi connectivity index (χ4v) is 6.05. The quantitative estimate of drug-likeness (QED) is 0.110. The molecule has 10 nitrogen and oxygen atoms in total. The highest BCUT2D eigenvalue weighted by atomic mass is 16.5. The van der Waals surface area contributed by atoms with E-state index in [1.165, 1.54) is 0 Å². The van der Waals surface area contributed by atoms with E-state index in [0.29, 0.717) is 0 Å². The summed E-state index contributed by atoms with van der Waals surface area (Å²) in [6.07, 6.45) is 3.11. The Morgan fingerprint density at radius 3 is 1.30 bits per heavy atom. The minimum atomic E-state index is -0.176. The van der Waals surface area contributed by atoms with Crippen LogP contribution in [0.25, 0.3) is 21.8 Å². The third kappa shape index (κ3) is 10.8. The molecule has 6 aromatic carbocycles. The Bertz CT molecular complexity index is 2680. The molecule has 0 aliphatic rings. The zero-order valence-electron chi connectivity index (χ0n) is 33.8. The van der Waals surface area contributed by atoms with Crippen LogP contribution in [0.3, 0.4) is 0 Å². The zero-order valence-corrected chi connectivity index (χ0v) is 33.8. The topological polar surface area (TPSA) is 146 Å². The van der Waals surface area contributed by atoms with Crippen LogP contribution in [0.1, 0.15) is 36.1 Å². The molecule has 0 aliphatic heterocycles. The average Bonchev–Trinajstić information content (AvgIpc) is 3.25. The van der Waals surface area contributed by atoms with E-state index in [1.807, 2.05) is 161 Å². The molecule has 0 fully saturated rings. The summed E-state index contributed by atoms with van der Waals surface area (Å²) in [6, 6.07) is 42.8. The van der Waals surface area contributed by atoms with Crippen molar-refractivity contribution in [2.45, 2.75) is 39.8 Å². The van der Waals surface area contributed by atoms with Crippen LogP contribution in [-0.4, -0.2) is 32.0 Å². The molecule has 0 spiro atoms. The highest BCUT2D eigenvalue weighted by Crippen LogP contribution is 2.32. The monoisotopic (exact) mass is 788 g/mol. The lowest BCUT2D eigenvalue weighted by atomic mass is 10.1. The normalized spacial score (nSPS) is 11.4. The lowest BCUT2D eigenvalue weighted by Gasteiger charge is -2.12. The first kappa shape index (κ1) is 40.4. The number of hydrogen-bond acceptors (Lipinski definition) is 10. The molecule has 0 aliphatic carbocycles. The Hall–Kier alpha value is -7.76. The predicted molar refractivity (Wildman–Crippen MR) is 242 cm³/mol. The lowest BCUT2D eigenvalue weighted by molar-refractivity contribution is 0.479. The van der Waals surface area contributed by atoms with Crippen molar-refractivity contribution in [2.24, 2.45) is 11.5 Å². The van der Waals surface area contributed by atoms with Gasteiger partial charge in [0.15, 0.2) is 0 Å². The molecule has 2 heterocycles. The maximum absolute atomic E-state index is 5.97. The summed E-state index contributed by atoms with van der Waals surface area (Å²) in [5.74, 6) is 16.8. The third-order valence-corrected chi connectivity index (χ3v) is 8.98. The van der Waals surface area contributed by atoms with Crippen molar-refractivity contribution in [2.75, 3.05) is 10.6 Å². The van der Waals surface area contributed by atoms with Crippen LogP contribution in [-0.2, 0) is 0 Å². The fourth-order valence-electron chi connectivity index (χ4n) is 6.05. The van der Waals surface area contributed by atoms with Gasteiger partial charge in [-0.2, -0.15) is 0 Å². The van der Waals surface area contributed by atoms with Crippen LogP contribution in [0.4, 0.5) is 23.0 Å². The number of nitrogens with one attached hydrogen (secondary N) is 2. The van der Waals surface area contributed by atoms with Gasteiger partial charge in [-0.1, -0.05) is 60.1 Å². The molecule has 2 aromatic heterocycles. The second-order valence-corrected chi connectivity index (χ2v) is 14.1. The molecule has 60 heavy (non-hydrogen) atoms. The number of nitrogens with zero attached hydrogens (tertiary/aromatic N) is 4. The van der Waals surface area contributed by atoms with Crippen molar-refractivity contribution in [1.29, 1.82) is 0 Å². The van der Waals surface area contributed by atoms with Crippen LogP contribution in [0.2, 0.25) is 0 Å². The number of para-hydroxylation sites is 2. The van der Waals surface area contributed by atoms with Crippen molar-refractivity contribution < 1.29 is 9.47 Å². The van der Waals surface area contributed by atoms with Gasteiger partial charge >= 0.3 is 0 Å². The number of fused-ring (bicyclic) bond motifs is 2. The first-order valence-corrected chi connectivity index (χ1v) is 19.4. The Balaban J connectivity index is 0.000000181. The van der Waals surface area contributed by atoms with E-state index < -0.39 is 0 Å². The largest absolute Gasteiger partial charge is 0.457 e. The van der Waals surface area contributed by atoms with Gasteiger partial charge in [0, 0.05) is 33.3 Å². The summed E-state index contributed by atoms with van der Waals surface area (Å²) >= 11 is 0. The number of rotatable bonds is 8. The van der Waals surface area contributed by atoms with E-state index in [4.69, 9.17) is 20.9 Å². The summed E-state index contributed by atoms with van der Waals surface area (Å²) < 4.78 is 11.9. The van der Waals surface area contributed by atoms with Gasteiger partial charge in [0.25, 0.3) is 0 Å². The van der Waals surface area contributed by atoms with Gasteiger partial charge in [0.2, 0.25) is 0 Å². The first-order chi connectivity index (χ1) is 29.2. The van der Waals surface area contributed by atoms with Crippen molar-refractivity contribution in [3.63, 3.8) is 0 Å². The molecule has 6 N–H and O–H groups in total. The van der Waals surface area contributed by atoms with Crippen molar-refractivity contribution in [1.82, 2.24) is 19.9 Å². The van der Waals surface area contributed by atoms with Gasteiger partial charge in [0.1, 0.15) is 47.3 Å². The summed E-state index contributed by atoms with van der Waals surface area (Å²) in [7, 11) is 0. The third-order valence-electron chi connectivity index (χ3n) is 8.98. The van der Waals surface area contributed by atoms with Gasteiger partial charge in [-0.05, 0) is 136 Å². The Morgan fingerprint density at radius 1 is 0.500 bits per heavy atom. The van der Waals surface area contributed by atoms with E-state index >= 15 is 0 Å². The fraction of sp³-hybridized carbons (Fsp3) is 0.120. The molecule has 8 rings (SSSR count). The van der Waals surface area contributed by atoms with E-state index in [0.717, 1.165) is 90.1 Å². The minimum absolute atomic E-state index is 0.176. The van der Waals surface area contributed by atoms with E-state index in [2.05, 4.69) is 54.3 Å². The molecule has 0 saturated carbocycles. The van der Waals surface area contributed by atoms with E-state index in [-0.39, 0.29) is 12.1 Å². The number of benzene rings is 6. The van der Waals surface area contributed by atoms with Gasteiger partial charge in [-0.3, -0.25) is 0 Å². The molecule has 0 saturated heterocycles. The number of aromatic nitrogens is 4. The number of hydrogen-bond donors (Lipinski definition) is 4. The number of nitrogens with two attached hydrogens (primary N) is 2. The number of ether oxygens (including phenoxy) is 2. The Labute approximate surface area is 350 Å². The highest BCUT2D eigenvalue weighted by molar-refractivity contribution is 5.92. The van der Waals surface area contributed by atoms with Crippen LogP contribution in [0.5, 0.6) is 23.0 Å². The summed E-state index contributed by atoms with van der Waals surface area (Å²) in [6.45, 7) is 7.75. The maximum atomic E-state index is 5.97. The summed E-state index contributed by atoms with van der Waals surface area (Å²) in [5.41, 5.74) is 18.8. The first-order valence-electron chi connectivity index (χ1n) is 19.4. The lowest BCUT2D eigenvalue weighted by Crippen LogP contribution is -2.10. The molecule has 0 radical (unpaired) electrons. The van der Waals surface area contributed by atoms with Gasteiger partial charge in [-0.15, -0.1) is 0 Å². The maximum Gasteiger partial charge on any atom is 0.141 e. The standard InChI is InChI=1S/2C25H22N4O/c2*1-17-14-20(11-13-24(17)30-21-6-4-3-5-7-21)29-25-22-15-19(9-8-18(2)26)10-12-23(22)27-16-28-25/h2*3-7,10-16,18H,26H2,1-2H3,(H,27,28,29). The molecular formula is C50H44N8O2. The predicted octanol–water partition coefficient (Wildman–Crippen LogP) is 10.3. The van der Waals surface area contributed by atoms with Gasteiger partial charge < -0.3 is 31.6 Å². The molecule has 10 heteroatoms. The van der Waals surface area contributed by atoms with Crippen molar-refractivity contribution >= 4 is 44.8 Å². The SMILES string of the molecule is Cc1cc(Nc2ncnc3ccc(C#CC(C)N)cc23)ccc1Oc1ccccc1.Cc1cc(Nc2ncnc3ccc(C#CC(C)N)cc23)ccc1Oc1ccccc1. The smallest absolute Gasteiger partial charge is 0.141 e. The molecule has 296 valence electrons. The van der Waals surface area contributed by atoms with Crippen LogP contribution in [0.15, 0.2) is 146 Å². The Morgan fingerprint density at radius 2 is 0.917 bits per heavy atom. The summed E-state index contributed by atoms with van der Waals surface area (Å²) in [4.78, 5) is 17.6. The molecule has 0 bridgehead atoms. The van der Waals surface area contributed by atoms with Crippen LogP contribution < -0.4 is 31.6 Å². The van der Waals surface area contributed by atoms with Crippen molar-refractivity contribution in [3.05, 3.63) is 168 Å². The van der Waals surface area contributed by atoms with Gasteiger partial charge in [0.05, 0.1) is 23.1 Å². The van der Waals surface area contributed by atoms with E-state index in [9.17, 15) is 0 Å². The van der Waals surface area contributed by atoms with Crippen LogP contribution >= 0.6 is 0 Å². The molecule has 0 amide bonds. The second kappa shape index (κ2) is 19.1. The van der Waals surface area contributed by atoms with Crippen LogP contribution in [0, 0.1) is 37.5 Å². The molecular weight excluding hydrogens is 745 g/mol. The highest BCUT2D eigenvalue weighted by Gasteiger charge is 2.10. The second-order valence-electron chi connectivity index (χ2n) is 14.1. The molecule has 2 unspecified atom stereocenters. The minimum Gasteiger partial charge on any atom is -0.457 e. The van der Waals surface area contributed by atoms with Crippen molar-refractivity contribution in [3.8, 4) is 46.7 Å². The number of anilines is 4. The summed E-state index contributed by atoms with van der Waals surface area (Å²) in [5, 5.41) is 8.58. The molecule has 8 aromatic rings. The molecule has 2 atom stereocenters. The number of aryl methyl sites for hydroxylation is 2. The van der Waals surface area contributed by atoms with E-state index in [1.54, 1.807) is 12.7 Å². The van der Waals surface area contributed by atoms with Gasteiger partial charge in [-0.25, -0.2) is 19.9 Å². The average molecular weight is 789 g/mol.